The minimum absolute atomic E-state index is 0.0819. The molecular formula is C26H28N4O3. The molecule has 7 nitrogen and oxygen atoms in total. The van der Waals surface area contributed by atoms with Gasteiger partial charge in [0.05, 0.1) is 24.8 Å². The highest BCUT2D eigenvalue weighted by Crippen LogP contribution is 2.19. The summed E-state index contributed by atoms with van der Waals surface area (Å²) in [4.78, 5) is 21.0. The fraction of sp³-hybridized carbons (Fsp3) is 0.269. The molecule has 0 bridgehead atoms. The van der Waals surface area contributed by atoms with Gasteiger partial charge in [0.1, 0.15) is 17.3 Å². The SMILES string of the molecule is COc1ccc(OCCCn2c(CCCNC(=O)c3ccncc3)nc3ccccc32)cc1. The summed E-state index contributed by atoms with van der Waals surface area (Å²) in [6, 6.07) is 19.2. The highest BCUT2D eigenvalue weighted by atomic mass is 16.5. The van der Waals surface area contributed by atoms with E-state index in [0.717, 1.165) is 54.2 Å². The van der Waals surface area contributed by atoms with E-state index in [4.69, 9.17) is 14.5 Å². The van der Waals surface area contributed by atoms with Crippen molar-refractivity contribution in [1.82, 2.24) is 19.9 Å². The first-order valence-corrected chi connectivity index (χ1v) is 11.1. The largest absolute Gasteiger partial charge is 0.497 e. The third-order valence-electron chi connectivity index (χ3n) is 5.39. The van der Waals surface area contributed by atoms with E-state index in [9.17, 15) is 4.79 Å². The van der Waals surface area contributed by atoms with Crippen LogP contribution in [0.15, 0.2) is 73.1 Å². The molecule has 4 rings (SSSR count). The number of hydrogen-bond acceptors (Lipinski definition) is 5. The average Bonchev–Trinajstić information content (AvgIpc) is 3.22. The quantitative estimate of drug-likeness (QED) is 0.350. The van der Waals surface area contributed by atoms with Crippen LogP contribution < -0.4 is 14.8 Å². The van der Waals surface area contributed by atoms with Gasteiger partial charge >= 0.3 is 0 Å². The molecule has 1 N–H and O–H groups in total. The van der Waals surface area contributed by atoms with Crippen molar-refractivity contribution in [3.63, 3.8) is 0 Å². The average molecular weight is 445 g/mol. The number of rotatable bonds is 11. The lowest BCUT2D eigenvalue weighted by Gasteiger charge is -2.11. The molecule has 33 heavy (non-hydrogen) atoms. The molecule has 170 valence electrons. The molecular weight excluding hydrogens is 416 g/mol. The molecule has 0 aliphatic heterocycles. The van der Waals surface area contributed by atoms with Crippen LogP contribution in [0, 0.1) is 0 Å². The maximum Gasteiger partial charge on any atom is 0.251 e. The Morgan fingerprint density at radius 1 is 0.970 bits per heavy atom. The molecule has 0 radical (unpaired) electrons. The molecule has 7 heteroatoms. The first-order valence-electron chi connectivity index (χ1n) is 11.1. The first-order chi connectivity index (χ1) is 16.2. The number of benzene rings is 2. The van der Waals surface area contributed by atoms with Gasteiger partial charge in [0, 0.05) is 37.5 Å². The Morgan fingerprint density at radius 2 is 1.73 bits per heavy atom. The van der Waals surface area contributed by atoms with E-state index in [1.54, 1.807) is 31.6 Å². The van der Waals surface area contributed by atoms with Crippen molar-refractivity contribution in [2.45, 2.75) is 25.8 Å². The third-order valence-corrected chi connectivity index (χ3v) is 5.39. The van der Waals surface area contributed by atoms with Gasteiger partial charge in [0.2, 0.25) is 0 Å². The van der Waals surface area contributed by atoms with Crippen molar-refractivity contribution < 1.29 is 14.3 Å². The van der Waals surface area contributed by atoms with E-state index in [1.807, 2.05) is 42.5 Å². The van der Waals surface area contributed by atoms with Crippen LogP contribution in [0.25, 0.3) is 11.0 Å². The predicted octanol–water partition coefficient (Wildman–Crippen LogP) is 4.27. The standard InChI is InChI=1S/C26H28N4O3/c1-32-21-9-11-22(12-10-21)33-19-5-18-30-24-7-3-2-6-23(24)29-25(30)8-4-15-28-26(31)20-13-16-27-17-14-20/h2-3,6-7,9-14,16-17H,4-5,8,15,18-19H2,1H3,(H,28,31). The number of hydrogen-bond donors (Lipinski definition) is 1. The number of fused-ring (bicyclic) bond motifs is 1. The number of imidazole rings is 1. The number of aryl methyl sites for hydroxylation is 2. The molecule has 2 aromatic heterocycles. The second-order valence-electron chi connectivity index (χ2n) is 7.64. The number of carbonyl (C=O) groups excluding carboxylic acids is 1. The van der Waals surface area contributed by atoms with Crippen LogP contribution in [-0.2, 0) is 13.0 Å². The molecule has 2 aromatic carbocycles. The molecule has 0 saturated carbocycles. The van der Waals surface area contributed by atoms with Gasteiger partial charge in [-0.2, -0.15) is 0 Å². The minimum Gasteiger partial charge on any atom is -0.497 e. The summed E-state index contributed by atoms with van der Waals surface area (Å²) in [7, 11) is 1.65. The summed E-state index contributed by atoms with van der Waals surface area (Å²) < 4.78 is 13.3. The van der Waals surface area contributed by atoms with E-state index in [-0.39, 0.29) is 5.91 Å². The molecule has 0 atom stereocenters. The lowest BCUT2D eigenvalue weighted by Crippen LogP contribution is -2.25. The van der Waals surface area contributed by atoms with E-state index in [2.05, 4.69) is 20.9 Å². The van der Waals surface area contributed by atoms with Crippen molar-refractivity contribution in [1.29, 1.82) is 0 Å². The molecule has 0 fully saturated rings. The molecule has 0 aliphatic rings. The van der Waals surface area contributed by atoms with E-state index < -0.39 is 0 Å². The molecule has 2 heterocycles. The third kappa shape index (κ3) is 5.88. The monoisotopic (exact) mass is 444 g/mol. The second kappa shape index (κ2) is 11.1. The van der Waals surface area contributed by atoms with Crippen molar-refractivity contribution in [2.24, 2.45) is 0 Å². The van der Waals surface area contributed by atoms with Crippen LogP contribution in [0.1, 0.15) is 29.0 Å². The predicted molar refractivity (Wildman–Crippen MR) is 128 cm³/mol. The number of pyridine rings is 1. The normalized spacial score (nSPS) is 10.8. The Morgan fingerprint density at radius 3 is 2.52 bits per heavy atom. The van der Waals surface area contributed by atoms with Crippen LogP contribution in [-0.4, -0.2) is 40.7 Å². The maximum absolute atomic E-state index is 12.2. The Hall–Kier alpha value is -3.87. The molecule has 0 saturated heterocycles. The lowest BCUT2D eigenvalue weighted by atomic mass is 10.2. The topological polar surface area (TPSA) is 78.3 Å². The Balaban J connectivity index is 1.31. The Bertz CT molecular complexity index is 1170. The van der Waals surface area contributed by atoms with Crippen molar-refractivity contribution in [2.75, 3.05) is 20.3 Å². The zero-order valence-electron chi connectivity index (χ0n) is 18.7. The number of ether oxygens (including phenoxy) is 2. The summed E-state index contributed by atoms with van der Waals surface area (Å²) in [5.74, 6) is 2.59. The van der Waals surface area contributed by atoms with Crippen LogP contribution >= 0.6 is 0 Å². The second-order valence-corrected chi connectivity index (χ2v) is 7.64. The van der Waals surface area contributed by atoms with E-state index in [0.29, 0.717) is 18.7 Å². The summed E-state index contributed by atoms with van der Waals surface area (Å²) in [6.07, 6.45) is 5.69. The van der Waals surface area contributed by atoms with Crippen molar-refractivity contribution in [3.05, 3.63) is 84.4 Å². The van der Waals surface area contributed by atoms with Crippen LogP contribution in [0.2, 0.25) is 0 Å². The highest BCUT2D eigenvalue weighted by molar-refractivity contribution is 5.93. The van der Waals surface area contributed by atoms with Gasteiger partial charge in [0.15, 0.2) is 0 Å². The van der Waals surface area contributed by atoms with Gasteiger partial charge in [-0.25, -0.2) is 4.98 Å². The molecule has 0 aliphatic carbocycles. The summed E-state index contributed by atoms with van der Waals surface area (Å²) >= 11 is 0. The maximum atomic E-state index is 12.2. The smallest absolute Gasteiger partial charge is 0.251 e. The van der Waals surface area contributed by atoms with Crippen LogP contribution in [0.3, 0.4) is 0 Å². The molecule has 0 unspecified atom stereocenters. The number of aromatic nitrogens is 3. The van der Waals surface area contributed by atoms with Gasteiger partial charge in [-0.3, -0.25) is 9.78 Å². The van der Waals surface area contributed by atoms with Gasteiger partial charge in [-0.05, 0) is 61.4 Å². The number of carbonyl (C=O) groups is 1. The number of nitrogens with one attached hydrogen (secondary N) is 1. The Labute approximate surface area is 193 Å². The zero-order chi connectivity index (χ0) is 22.9. The number of amides is 1. The van der Waals surface area contributed by atoms with Gasteiger partial charge in [-0.15, -0.1) is 0 Å². The van der Waals surface area contributed by atoms with Gasteiger partial charge < -0.3 is 19.4 Å². The molecule has 4 aromatic rings. The van der Waals surface area contributed by atoms with Crippen LogP contribution in [0.5, 0.6) is 11.5 Å². The van der Waals surface area contributed by atoms with Gasteiger partial charge in [-0.1, -0.05) is 12.1 Å². The number of methoxy groups -OCH3 is 1. The van der Waals surface area contributed by atoms with Crippen LogP contribution in [0.4, 0.5) is 0 Å². The minimum atomic E-state index is -0.0819. The van der Waals surface area contributed by atoms with E-state index in [1.165, 1.54) is 0 Å². The van der Waals surface area contributed by atoms with Crippen molar-refractivity contribution >= 4 is 16.9 Å². The summed E-state index contributed by atoms with van der Waals surface area (Å²) in [5, 5.41) is 2.97. The van der Waals surface area contributed by atoms with Gasteiger partial charge in [0.25, 0.3) is 5.91 Å². The summed E-state index contributed by atoms with van der Waals surface area (Å²) in [5.41, 5.74) is 2.73. The highest BCUT2D eigenvalue weighted by Gasteiger charge is 2.11. The molecule has 0 spiro atoms. The first kappa shape index (κ1) is 22.3. The number of nitrogens with zero attached hydrogens (tertiary/aromatic N) is 3. The Kier molecular flexibility index (Phi) is 7.53. The van der Waals surface area contributed by atoms with E-state index >= 15 is 0 Å². The zero-order valence-corrected chi connectivity index (χ0v) is 18.7. The summed E-state index contributed by atoms with van der Waals surface area (Å²) in [6.45, 7) is 2.01. The van der Waals surface area contributed by atoms with Crippen molar-refractivity contribution in [3.8, 4) is 11.5 Å². The molecule has 1 amide bonds. The number of para-hydroxylation sites is 2. The lowest BCUT2D eigenvalue weighted by molar-refractivity contribution is 0.0953. The fourth-order valence-corrected chi connectivity index (χ4v) is 3.70. The fourth-order valence-electron chi connectivity index (χ4n) is 3.70.